The van der Waals surface area contributed by atoms with E-state index in [4.69, 9.17) is 0 Å². The van der Waals surface area contributed by atoms with Gasteiger partial charge in [0.15, 0.2) is 0 Å². The van der Waals surface area contributed by atoms with Crippen LogP contribution < -0.4 is 10.6 Å². The van der Waals surface area contributed by atoms with Gasteiger partial charge < -0.3 is 15.5 Å². The van der Waals surface area contributed by atoms with Gasteiger partial charge in [-0.25, -0.2) is 0 Å². The second-order valence-electron chi connectivity index (χ2n) is 5.56. The number of aryl methyl sites for hydroxylation is 1. The van der Waals surface area contributed by atoms with Crippen LogP contribution in [0.2, 0.25) is 0 Å². The van der Waals surface area contributed by atoms with Crippen LogP contribution in [0.1, 0.15) is 42.2 Å². The van der Waals surface area contributed by atoms with Gasteiger partial charge in [-0.15, -0.1) is 0 Å². The molecular formula is C16H26N4O. The van der Waals surface area contributed by atoms with Gasteiger partial charge in [0.1, 0.15) is 0 Å². The lowest BCUT2D eigenvalue weighted by atomic mass is 10.2. The topological polar surface area (TPSA) is 57.3 Å². The van der Waals surface area contributed by atoms with E-state index in [1.807, 2.05) is 19.9 Å². The highest BCUT2D eigenvalue weighted by molar-refractivity contribution is 5.99. The second-order valence-corrected chi connectivity index (χ2v) is 5.56. The third-order valence-corrected chi connectivity index (χ3v) is 3.79. The predicted octanol–water partition coefficient (Wildman–Crippen LogP) is 2.04. The van der Waals surface area contributed by atoms with Crippen molar-refractivity contribution in [2.75, 3.05) is 38.0 Å². The van der Waals surface area contributed by atoms with E-state index in [0.717, 1.165) is 37.4 Å². The van der Waals surface area contributed by atoms with Crippen molar-refractivity contribution in [1.29, 1.82) is 0 Å². The Bertz CT molecular complexity index is 469. The fourth-order valence-corrected chi connectivity index (χ4v) is 2.68. The smallest absolute Gasteiger partial charge is 0.254 e. The number of anilines is 1. The highest BCUT2D eigenvalue weighted by Crippen LogP contribution is 2.15. The molecule has 0 atom stereocenters. The van der Waals surface area contributed by atoms with Crippen molar-refractivity contribution < 1.29 is 4.79 Å². The van der Waals surface area contributed by atoms with Gasteiger partial charge in [-0.2, -0.15) is 0 Å². The summed E-state index contributed by atoms with van der Waals surface area (Å²) in [6.07, 6.45) is 5.28. The number of pyridine rings is 1. The molecule has 0 aliphatic carbocycles. The molecule has 1 fully saturated rings. The summed E-state index contributed by atoms with van der Waals surface area (Å²) in [7, 11) is 0. The zero-order valence-electron chi connectivity index (χ0n) is 13.1. The number of hydrogen-bond donors (Lipinski definition) is 2. The van der Waals surface area contributed by atoms with Gasteiger partial charge in [0.2, 0.25) is 0 Å². The fraction of sp³-hybridized carbons (Fsp3) is 0.625. The molecule has 21 heavy (non-hydrogen) atoms. The number of amides is 1. The minimum atomic E-state index is -0.0418. The molecule has 1 saturated heterocycles. The largest absolute Gasteiger partial charge is 0.385 e. The van der Waals surface area contributed by atoms with Crippen molar-refractivity contribution >= 4 is 11.6 Å². The number of likely N-dealkylation sites (tertiary alicyclic amines) is 1. The maximum Gasteiger partial charge on any atom is 0.254 e. The summed E-state index contributed by atoms with van der Waals surface area (Å²) in [6.45, 7) is 8.95. The molecule has 2 N–H and O–H groups in total. The lowest BCUT2D eigenvalue weighted by Crippen LogP contribution is -2.29. The Morgan fingerprint density at radius 1 is 1.38 bits per heavy atom. The van der Waals surface area contributed by atoms with Crippen LogP contribution in [0.4, 0.5) is 5.69 Å². The summed E-state index contributed by atoms with van der Waals surface area (Å²) in [5.74, 6) is -0.0418. The van der Waals surface area contributed by atoms with Crippen LogP contribution in [0.15, 0.2) is 12.3 Å². The number of nitrogens with zero attached hydrogens (tertiary/aromatic N) is 2. The molecule has 0 unspecified atom stereocenters. The van der Waals surface area contributed by atoms with E-state index in [-0.39, 0.29) is 5.91 Å². The third-order valence-electron chi connectivity index (χ3n) is 3.79. The minimum Gasteiger partial charge on any atom is -0.385 e. The first-order valence-corrected chi connectivity index (χ1v) is 7.91. The van der Waals surface area contributed by atoms with Crippen molar-refractivity contribution in [1.82, 2.24) is 15.2 Å². The van der Waals surface area contributed by atoms with E-state index >= 15 is 0 Å². The number of aromatic nitrogens is 1. The molecule has 2 rings (SSSR count). The Kier molecular flexibility index (Phi) is 5.99. The summed E-state index contributed by atoms with van der Waals surface area (Å²) in [5.41, 5.74) is 2.40. The number of nitrogens with one attached hydrogen (secondary N) is 2. The second kappa shape index (κ2) is 7.98. The quantitative estimate of drug-likeness (QED) is 0.755. The van der Waals surface area contributed by atoms with Gasteiger partial charge >= 0.3 is 0 Å². The van der Waals surface area contributed by atoms with E-state index in [1.54, 1.807) is 6.20 Å². The summed E-state index contributed by atoms with van der Waals surface area (Å²) in [6, 6.07) is 1.92. The van der Waals surface area contributed by atoms with Crippen LogP contribution in [0.25, 0.3) is 0 Å². The van der Waals surface area contributed by atoms with E-state index in [1.165, 1.54) is 25.9 Å². The van der Waals surface area contributed by atoms with Crippen molar-refractivity contribution in [2.45, 2.75) is 33.1 Å². The predicted molar refractivity (Wildman–Crippen MR) is 85.8 cm³/mol. The molecular weight excluding hydrogens is 264 g/mol. The fourth-order valence-electron chi connectivity index (χ4n) is 2.68. The first-order valence-electron chi connectivity index (χ1n) is 7.91. The number of hydrogen-bond acceptors (Lipinski definition) is 4. The van der Waals surface area contributed by atoms with Crippen LogP contribution >= 0.6 is 0 Å². The van der Waals surface area contributed by atoms with Gasteiger partial charge in [0, 0.05) is 25.0 Å². The molecule has 0 aromatic carbocycles. The van der Waals surface area contributed by atoms with E-state index < -0.39 is 0 Å². The number of carbonyl (C=O) groups is 1. The Morgan fingerprint density at radius 2 is 2.14 bits per heavy atom. The normalized spacial score (nSPS) is 15.1. The van der Waals surface area contributed by atoms with E-state index in [0.29, 0.717) is 5.56 Å². The van der Waals surface area contributed by atoms with Crippen molar-refractivity contribution in [3.63, 3.8) is 0 Å². The van der Waals surface area contributed by atoms with Gasteiger partial charge in [-0.3, -0.25) is 9.78 Å². The molecule has 5 nitrogen and oxygen atoms in total. The average molecular weight is 290 g/mol. The van der Waals surface area contributed by atoms with Gasteiger partial charge in [0.05, 0.1) is 11.3 Å². The lowest BCUT2D eigenvalue weighted by Gasteiger charge is -2.15. The van der Waals surface area contributed by atoms with Crippen LogP contribution in [0.5, 0.6) is 0 Å². The molecule has 1 aliphatic heterocycles. The Hall–Kier alpha value is -1.62. The highest BCUT2D eigenvalue weighted by atomic mass is 16.1. The average Bonchev–Trinajstić information content (AvgIpc) is 2.97. The van der Waals surface area contributed by atoms with Crippen LogP contribution in [0.3, 0.4) is 0 Å². The highest BCUT2D eigenvalue weighted by Gasteiger charge is 2.13. The Balaban J connectivity index is 1.81. The van der Waals surface area contributed by atoms with Crippen molar-refractivity contribution in [3.05, 3.63) is 23.5 Å². The zero-order valence-corrected chi connectivity index (χ0v) is 13.1. The van der Waals surface area contributed by atoms with Crippen molar-refractivity contribution in [3.8, 4) is 0 Å². The zero-order chi connectivity index (χ0) is 15.1. The Labute approximate surface area is 127 Å². The molecule has 1 aromatic rings. The first-order chi connectivity index (χ1) is 10.2. The summed E-state index contributed by atoms with van der Waals surface area (Å²) >= 11 is 0. The minimum absolute atomic E-state index is 0.0418. The van der Waals surface area contributed by atoms with Crippen LogP contribution in [-0.2, 0) is 0 Å². The monoisotopic (exact) mass is 290 g/mol. The summed E-state index contributed by atoms with van der Waals surface area (Å²) in [5, 5.41) is 6.22. The van der Waals surface area contributed by atoms with Crippen molar-refractivity contribution in [2.24, 2.45) is 0 Å². The van der Waals surface area contributed by atoms with Gasteiger partial charge in [-0.1, -0.05) is 0 Å². The molecule has 1 aromatic heterocycles. The Morgan fingerprint density at radius 3 is 2.86 bits per heavy atom. The maximum absolute atomic E-state index is 12.2. The molecule has 5 heteroatoms. The molecule has 0 saturated carbocycles. The SMILES string of the molecule is CCNc1cc(C)ncc1C(=O)NCCCN1CCCC1. The first kappa shape index (κ1) is 15.8. The molecule has 1 amide bonds. The van der Waals surface area contributed by atoms with Gasteiger partial charge in [-0.05, 0) is 58.8 Å². The molecule has 2 heterocycles. The molecule has 0 spiro atoms. The van der Waals surface area contributed by atoms with Crippen LogP contribution in [-0.4, -0.2) is 48.5 Å². The molecule has 0 radical (unpaired) electrons. The van der Waals surface area contributed by atoms with Crippen LogP contribution in [0, 0.1) is 6.92 Å². The van der Waals surface area contributed by atoms with E-state index in [9.17, 15) is 4.79 Å². The maximum atomic E-state index is 12.2. The number of rotatable bonds is 7. The summed E-state index contributed by atoms with van der Waals surface area (Å²) in [4.78, 5) is 18.9. The van der Waals surface area contributed by atoms with E-state index in [2.05, 4.69) is 20.5 Å². The van der Waals surface area contributed by atoms with Gasteiger partial charge in [0.25, 0.3) is 5.91 Å². The summed E-state index contributed by atoms with van der Waals surface area (Å²) < 4.78 is 0. The molecule has 0 bridgehead atoms. The lowest BCUT2D eigenvalue weighted by molar-refractivity contribution is 0.0952. The standard InChI is InChI=1S/C16H26N4O/c1-3-17-15-11-13(2)19-12-14(15)16(21)18-7-6-10-20-8-4-5-9-20/h11-12H,3-10H2,1-2H3,(H,17,19)(H,18,21). The third kappa shape index (κ3) is 4.70. The molecule has 116 valence electrons. The number of carbonyl (C=O) groups excluding carboxylic acids is 1. The molecule has 1 aliphatic rings.